The van der Waals surface area contributed by atoms with E-state index in [-0.39, 0.29) is 23.1 Å². The topological polar surface area (TPSA) is 96.4 Å². The first-order chi connectivity index (χ1) is 18.3. The van der Waals surface area contributed by atoms with Gasteiger partial charge in [-0.1, -0.05) is 74.0 Å². The van der Waals surface area contributed by atoms with Gasteiger partial charge in [-0.3, -0.25) is 9.59 Å². The normalized spacial score (nSPS) is 19.5. The van der Waals surface area contributed by atoms with Crippen LogP contribution < -0.4 is 5.32 Å². The minimum atomic E-state index is -4.11. The molecule has 1 amide bonds. The van der Waals surface area contributed by atoms with Crippen molar-refractivity contribution in [2.45, 2.75) is 69.6 Å². The van der Waals surface area contributed by atoms with Gasteiger partial charge in [-0.05, 0) is 61.4 Å². The molecule has 3 aromatic rings. The maximum Gasteiger partial charge on any atom is 0.262 e. The first-order valence-corrected chi connectivity index (χ1v) is 14.7. The Kier molecular flexibility index (Phi) is 9.07. The molecule has 2 aromatic carbocycles. The van der Waals surface area contributed by atoms with Crippen molar-refractivity contribution >= 4 is 21.7 Å². The number of Topliss-reactive ketones (excluding diaryl/α,β-unsaturated/α-hetero) is 1. The summed E-state index contributed by atoms with van der Waals surface area (Å²) >= 11 is 0. The molecule has 2 heterocycles. The first kappa shape index (κ1) is 27.7. The summed E-state index contributed by atoms with van der Waals surface area (Å²) in [5.41, 5.74) is 3.18. The Hall–Kier alpha value is -3.36. The lowest BCUT2D eigenvalue weighted by atomic mass is 9.92. The number of nitrogens with zero attached hydrogens (tertiary/aromatic N) is 2. The summed E-state index contributed by atoms with van der Waals surface area (Å²) in [7, 11) is -4.11. The van der Waals surface area contributed by atoms with Gasteiger partial charge >= 0.3 is 0 Å². The second-order valence-electron chi connectivity index (χ2n) is 9.88. The van der Waals surface area contributed by atoms with Crippen LogP contribution in [0.3, 0.4) is 0 Å². The molecule has 0 radical (unpaired) electrons. The number of hydrogen-bond acceptors (Lipinski definition) is 5. The molecule has 1 N–H and O–H groups in total. The molecule has 0 saturated carbocycles. The van der Waals surface area contributed by atoms with Crippen molar-refractivity contribution in [2.75, 3.05) is 0 Å². The van der Waals surface area contributed by atoms with Crippen molar-refractivity contribution in [2.24, 2.45) is 5.92 Å². The second-order valence-corrected chi connectivity index (χ2v) is 11.7. The number of nitrogens with one attached hydrogen (secondary N) is 1. The quantitative estimate of drug-likeness (QED) is 0.418. The number of benzene rings is 2. The molecule has 3 atom stereocenters. The maximum atomic E-state index is 13.6. The number of pyridine rings is 1. The van der Waals surface area contributed by atoms with Crippen LogP contribution >= 0.6 is 0 Å². The highest BCUT2D eigenvalue weighted by atomic mass is 32.2. The van der Waals surface area contributed by atoms with E-state index in [9.17, 15) is 18.0 Å². The van der Waals surface area contributed by atoms with Gasteiger partial charge < -0.3 is 5.32 Å². The van der Waals surface area contributed by atoms with Gasteiger partial charge in [0.1, 0.15) is 0 Å². The number of carbonyl (C=O) groups is 2. The third kappa shape index (κ3) is 6.37. The van der Waals surface area contributed by atoms with Crippen molar-refractivity contribution in [1.82, 2.24) is 14.6 Å². The Morgan fingerprint density at radius 3 is 2.50 bits per heavy atom. The molecule has 8 heteroatoms. The van der Waals surface area contributed by atoms with Gasteiger partial charge in [-0.15, -0.1) is 0 Å². The van der Waals surface area contributed by atoms with Gasteiger partial charge in [0.15, 0.2) is 17.0 Å². The number of carbonyl (C=O) groups excluding carboxylic acids is 2. The van der Waals surface area contributed by atoms with Crippen molar-refractivity contribution in [3.05, 3.63) is 84.6 Å². The van der Waals surface area contributed by atoms with E-state index in [1.54, 1.807) is 19.1 Å². The van der Waals surface area contributed by atoms with E-state index in [2.05, 4.69) is 16.4 Å². The zero-order valence-corrected chi connectivity index (χ0v) is 22.7. The number of aromatic nitrogens is 1. The molecule has 1 aromatic heterocycles. The number of sulfonamides is 1. The van der Waals surface area contributed by atoms with E-state index in [0.717, 1.165) is 27.4 Å². The number of hydrogen-bond donors (Lipinski definition) is 1. The summed E-state index contributed by atoms with van der Waals surface area (Å²) in [6, 6.07) is 22.3. The van der Waals surface area contributed by atoms with Gasteiger partial charge in [-0.2, -0.15) is 4.31 Å². The molecule has 4 rings (SSSR count). The summed E-state index contributed by atoms with van der Waals surface area (Å²) in [4.78, 5) is 30.8. The highest BCUT2D eigenvalue weighted by Gasteiger charge is 2.42. The van der Waals surface area contributed by atoms with Crippen molar-refractivity contribution in [3.8, 4) is 11.1 Å². The lowest BCUT2D eigenvalue weighted by molar-refractivity contribution is -0.132. The van der Waals surface area contributed by atoms with Crippen molar-refractivity contribution in [3.63, 3.8) is 0 Å². The number of amides is 1. The smallest absolute Gasteiger partial charge is 0.262 e. The van der Waals surface area contributed by atoms with Crippen molar-refractivity contribution in [1.29, 1.82) is 0 Å². The molecule has 7 nitrogen and oxygen atoms in total. The molecule has 0 aliphatic carbocycles. The fourth-order valence-corrected chi connectivity index (χ4v) is 6.77. The zero-order valence-electron chi connectivity index (χ0n) is 21.9. The average Bonchev–Trinajstić information content (AvgIpc) is 3.07. The Bertz CT molecular complexity index is 1350. The van der Waals surface area contributed by atoms with Gasteiger partial charge in [0.25, 0.3) is 10.0 Å². The lowest BCUT2D eigenvalue weighted by Gasteiger charge is -2.33. The van der Waals surface area contributed by atoms with Crippen LogP contribution in [0.2, 0.25) is 0 Å². The van der Waals surface area contributed by atoms with Crippen LogP contribution in [0, 0.1) is 5.92 Å². The fraction of sp³-hybridized carbons (Fsp3) is 0.367. The summed E-state index contributed by atoms with van der Waals surface area (Å²) in [5, 5.41) is 2.71. The van der Waals surface area contributed by atoms with Crippen LogP contribution in [-0.4, -0.2) is 41.6 Å². The molecule has 0 spiro atoms. The molecular formula is C30H35N3O4S. The van der Waals surface area contributed by atoms with E-state index in [0.29, 0.717) is 25.7 Å². The summed E-state index contributed by atoms with van der Waals surface area (Å²) < 4.78 is 28.4. The van der Waals surface area contributed by atoms with Crippen molar-refractivity contribution < 1.29 is 18.0 Å². The van der Waals surface area contributed by atoms with E-state index >= 15 is 0 Å². The molecule has 1 unspecified atom stereocenters. The molecule has 0 bridgehead atoms. The minimum Gasteiger partial charge on any atom is -0.333 e. The molecule has 1 fully saturated rings. The number of rotatable bonds is 9. The minimum absolute atomic E-state index is 0.136. The second kappa shape index (κ2) is 12.5. The lowest BCUT2D eigenvalue weighted by Crippen LogP contribution is -2.58. The van der Waals surface area contributed by atoms with Gasteiger partial charge in [0.05, 0.1) is 0 Å². The fourth-order valence-electron chi connectivity index (χ4n) is 5.08. The van der Waals surface area contributed by atoms with E-state index in [1.165, 1.54) is 12.3 Å². The van der Waals surface area contributed by atoms with Crippen LogP contribution in [0.5, 0.6) is 0 Å². The first-order valence-electron chi connectivity index (χ1n) is 13.2. The summed E-state index contributed by atoms with van der Waals surface area (Å²) in [6.45, 7) is 3.79. The Labute approximate surface area is 225 Å². The molecule has 38 heavy (non-hydrogen) atoms. The van der Waals surface area contributed by atoms with Crippen LogP contribution in [0.4, 0.5) is 0 Å². The Morgan fingerprint density at radius 1 is 1.05 bits per heavy atom. The molecule has 1 saturated heterocycles. The van der Waals surface area contributed by atoms with E-state index < -0.39 is 28.1 Å². The molecule has 1 aliphatic rings. The number of ketones is 1. The molecular weight excluding hydrogens is 498 g/mol. The third-order valence-corrected chi connectivity index (χ3v) is 8.92. The summed E-state index contributed by atoms with van der Waals surface area (Å²) in [6.07, 6.45) is 3.32. The molecule has 1 aliphatic heterocycles. The van der Waals surface area contributed by atoms with Gasteiger partial charge in [0, 0.05) is 24.6 Å². The SMILES string of the molecule is CCCC(Cc1cccc(-c2ccccc2)c1)C(=O)N[C@H]1C(=O)CCC[C@@H](C)N1S(=O)(=O)c1ccccn1. The predicted octanol–water partition coefficient (Wildman–Crippen LogP) is 4.98. The third-order valence-electron chi connectivity index (χ3n) is 7.02. The van der Waals surface area contributed by atoms with Crippen LogP contribution in [0.1, 0.15) is 51.5 Å². The predicted molar refractivity (Wildman–Crippen MR) is 147 cm³/mol. The monoisotopic (exact) mass is 533 g/mol. The van der Waals surface area contributed by atoms with Gasteiger partial charge in [-0.25, -0.2) is 13.4 Å². The van der Waals surface area contributed by atoms with E-state index in [1.807, 2.05) is 55.5 Å². The van der Waals surface area contributed by atoms with Crippen LogP contribution in [-0.2, 0) is 26.0 Å². The van der Waals surface area contributed by atoms with Crippen LogP contribution in [0.25, 0.3) is 11.1 Å². The summed E-state index contributed by atoms with van der Waals surface area (Å²) in [5.74, 6) is -1.02. The maximum absolute atomic E-state index is 13.6. The highest BCUT2D eigenvalue weighted by molar-refractivity contribution is 7.89. The standard InChI is InChI=1S/C30H35N3O4S/c1-3-11-26(21-23-13-10-16-25(20-23)24-14-5-4-6-15-24)30(35)32-29-27(34)17-9-12-22(2)33(29)38(36,37)28-18-7-8-19-31-28/h4-8,10,13-16,18-20,22,26,29H,3,9,11-12,17,21H2,1-2H3,(H,32,35)/t22-,26?,29-/m1/s1. The zero-order chi connectivity index (χ0) is 27.1. The van der Waals surface area contributed by atoms with E-state index in [4.69, 9.17) is 0 Å². The van der Waals surface area contributed by atoms with Crippen LogP contribution in [0.15, 0.2) is 84.0 Å². The molecule has 200 valence electrons. The Balaban J connectivity index is 1.60. The average molecular weight is 534 g/mol. The largest absolute Gasteiger partial charge is 0.333 e. The highest BCUT2D eigenvalue weighted by Crippen LogP contribution is 2.27. The Morgan fingerprint density at radius 2 is 1.79 bits per heavy atom. The van der Waals surface area contributed by atoms with Gasteiger partial charge in [0.2, 0.25) is 5.91 Å².